The predicted octanol–water partition coefficient (Wildman–Crippen LogP) is 3.90. The second-order valence-corrected chi connectivity index (χ2v) is 12.6. The molecule has 40 heavy (non-hydrogen) atoms. The fourth-order valence-electron chi connectivity index (χ4n) is 5.55. The molecule has 1 aromatic heterocycles. The first kappa shape index (κ1) is 28.4. The molecule has 3 aromatic rings. The Morgan fingerprint density at radius 1 is 1.00 bits per heavy atom. The molecule has 5 rings (SSSR count). The van der Waals surface area contributed by atoms with Crippen LogP contribution in [0.4, 0.5) is 4.39 Å². The van der Waals surface area contributed by atoms with Gasteiger partial charge < -0.3 is 14.2 Å². The third-order valence-corrected chi connectivity index (χ3v) is 9.39. The number of halogens is 1. The predicted molar refractivity (Wildman–Crippen MR) is 150 cm³/mol. The van der Waals surface area contributed by atoms with Crippen LogP contribution in [0.15, 0.2) is 66.0 Å². The summed E-state index contributed by atoms with van der Waals surface area (Å²) < 4.78 is 47.8. The molecule has 0 radical (unpaired) electrons. The van der Waals surface area contributed by atoms with Crippen molar-refractivity contribution in [1.82, 2.24) is 19.4 Å². The van der Waals surface area contributed by atoms with E-state index in [1.165, 1.54) is 24.3 Å². The number of hydrogen-bond donors (Lipinski definition) is 0. The molecule has 0 bridgehead atoms. The summed E-state index contributed by atoms with van der Waals surface area (Å²) in [6, 6.07) is 15.1. The number of sulfone groups is 1. The third kappa shape index (κ3) is 7.16. The number of amides is 1. The molecule has 2 heterocycles. The minimum Gasteiger partial charge on any atom is -0.379 e. The van der Waals surface area contributed by atoms with Crippen LogP contribution in [-0.2, 0) is 38.2 Å². The highest BCUT2D eigenvalue weighted by molar-refractivity contribution is 7.90. The third-order valence-electron chi connectivity index (χ3n) is 7.79. The van der Waals surface area contributed by atoms with Crippen LogP contribution < -0.4 is 0 Å². The van der Waals surface area contributed by atoms with E-state index in [0.29, 0.717) is 37.6 Å². The SMILES string of the molecule is O=C(C1CCCC1)N(CCN1CCOCC1)Cc1cnc(S(=O)(=O)Cc2ccc(F)cc2)n1Cc1ccccc1. The smallest absolute Gasteiger partial charge is 0.228 e. The summed E-state index contributed by atoms with van der Waals surface area (Å²) in [5.41, 5.74) is 2.09. The van der Waals surface area contributed by atoms with Gasteiger partial charge >= 0.3 is 0 Å². The van der Waals surface area contributed by atoms with Gasteiger partial charge in [-0.05, 0) is 36.1 Å². The molecule has 0 spiro atoms. The number of imidazole rings is 1. The number of aromatic nitrogens is 2. The van der Waals surface area contributed by atoms with Gasteiger partial charge in [-0.1, -0.05) is 55.3 Å². The molecular formula is C30H37FN4O4S. The molecule has 1 saturated heterocycles. The second kappa shape index (κ2) is 13.1. The summed E-state index contributed by atoms with van der Waals surface area (Å²) in [5, 5.41) is -0.0443. The number of carbonyl (C=O) groups excluding carboxylic acids is 1. The standard InChI is InChI=1S/C30H37FN4O4S/c31-27-12-10-25(11-13-27)23-40(37,38)30-32-20-28(35(30)21-24-6-2-1-3-7-24)22-34(29(36)26-8-4-5-9-26)15-14-33-16-18-39-19-17-33/h1-3,6-7,10-13,20,26H,4-5,8-9,14-19,21-23H2. The van der Waals surface area contributed by atoms with Gasteiger partial charge in [0.1, 0.15) is 5.82 Å². The maximum Gasteiger partial charge on any atom is 0.228 e. The number of carbonyl (C=O) groups is 1. The molecule has 2 aliphatic rings. The molecule has 214 valence electrons. The molecule has 0 atom stereocenters. The van der Waals surface area contributed by atoms with Gasteiger partial charge in [0.2, 0.25) is 20.9 Å². The van der Waals surface area contributed by atoms with Crippen molar-refractivity contribution in [2.45, 2.75) is 49.7 Å². The molecule has 1 aliphatic heterocycles. The average Bonchev–Trinajstić information content (AvgIpc) is 3.64. The second-order valence-electron chi connectivity index (χ2n) is 10.7. The van der Waals surface area contributed by atoms with Crippen molar-refractivity contribution in [3.63, 3.8) is 0 Å². The molecule has 8 nitrogen and oxygen atoms in total. The quantitative estimate of drug-likeness (QED) is 0.349. The van der Waals surface area contributed by atoms with Crippen LogP contribution in [-0.4, -0.2) is 73.1 Å². The molecule has 0 N–H and O–H groups in total. The zero-order chi connectivity index (χ0) is 28.0. The van der Waals surface area contributed by atoms with Gasteiger partial charge in [0, 0.05) is 32.1 Å². The Labute approximate surface area is 235 Å². The van der Waals surface area contributed by atoms with Crippen molar-refractivity contribution in [1.29, 1.82) is 0 Å². The van der Waals surface area contributed by atoms with Gasteiger partial charge in [-0.15, -0.1) is 0 Å². The van der Waals surface area contributed by atoms with Crippen molar-refractivity contribution >= 4 is 15.7 Å². The van der Waals surface area contributed by atoms with E-state index in [1.807, 2.05) is 35.2 Å². The Morgan fingerprint density at radius 2 is 1.70 bits per heavy atom. The van der Waals surface area contributed by atoms with Crippen LogP contribution >= 0.6 is 0 Å². The van der Waals surface area contributed by atoms with Gasteiger partial charge in [0.05, 0.1) is 43.9 Å². The zero-order valence-corrected chi connectivity index (χ0v) is 23.6. The summed E-state index contributed by atoms with van der Waals surface area (Å²) >= 11 is 0. The molecule has 10 heteroatoms. The Morgan fingerprint density at radius 3 is 2.40 bits per heavy atom. The van der Waals surface area contributed by atoms with Gasteiger partial charge in [-0.3, -0.25) is 9.69 Å². The molecule has 1 aliphatic carbocycles. The van der Waals surface area contributed by atoms with Gasteiger partial charge in [-0.2, -0.15) is 0 Å². The van der Waals surface area contributed by atoms with Crippen molar-refractivity contribution in [3.05, 3.63) is 83.4 Å². The number of rotatable bonds is 11. The number of hydrogen-bond acceptors (Lipinski definition) is 6. The molecule has 2 aromatic carbocycles. The monoisotopic (exact) mass is 568 g/mol. The maximum atomic E-state index is 13.7. The normalized spacial score (nSPS) is 16.8. The summed E-state index contributed by atoms with van der Waals surface area (Å²) in [6.45, 7) is 4.94. The lowest BCUT2D eigenvalue weighted by Crippen LogP contribution is -2.44. The minimum atomic E-state index is -3.85. The van der Waals surface area contributed by atoms with Crippen LogP contribution in [0, 0.1) is 11.7 Å². The number of ether oxygens (including phenoxy) is 1. The number of benzene rings is 2. The Bertz CT molecular complexity index is 1370. The van der Waals surface area contributed by atoms with E-state index in [-0.39, 0.29) is 29.3 Å². The summed E-state index contributed by atoms with van der Waals surface area (Å²) in [4.78, 5) is 22.3. The Balaban J connectivity index is 1.44. The molecule has 2 fully saturated rings. The van der Waals surface area contributed by atoms with Crippen molar-refractivity contribution < 1.29 is 22.3 Å². The summed E-state index contributed by atoms with van der Waals surface area (Å²) in [5.74, 6) is -0.566. The highest BCUT2D eigenvalue weighted by atomic mass is 32.2. The van der Waals surface area contributed by atoms with E-state index in [2.05, 4.69) is 9.88 Å². The topological polar surface area (TPSA) is 84.7 Å². The van der Waals surface area contributed by atoms with Crippen LogP contribution in [0.3, 0.4) is 0 Å². The van der Waals surface area contributed by atoms with E-state index in [4.69, 9.17) is 4.74 Å². The van der Waals surface area contributed by atoms with E-state index in [0.717, 1.165) is 50.9 Å². The molecular weight excluding hydrogens is 531 g/mol. The van der Waals surface area contributed by atoms with Crippen molar-refractivity contribution in [2.24, 2.45) is 5.92 Å². The largest absolute Gasteiger partial charge is 0.379 e. The minimum absolute atomic E-state index is 0.0110. The fraction of sp³-hybridized carbons (Fsp3) is 0.467. The van der Waals surface area contributed by atoms with Crippen molar-refractivity contribution in [3.8, 4) is 0 Å². The Hall–Kier alpha value is -3.08. The van der Waals surface area contributed by atoms with E-state index >= 15 is 0 Å². The molecule has 0 unspecified atom stereocenters. The molecule has 1 amide bonds. The van der Waals surface area contributed by atoms with Crippen LogP contribution in [0.25, 0.3) is 0 Å². The van der Waals surface area contributed by atoms with Crippen molar-refractivity contribution in [2.75, 3.05) is 39.4 Å². The number of nitrogens with zero attached hydrogens (tertiary/aromatic N) is 4. The summed E-state index contributed by atoms with van der Waals surface area (Å²) in [6.07, 6.45) is 5.50. The zero-order valence-electron chi connectivity index (χ0n) is 22.8. The lowest BCUT2D eigenvalue weighted by Gasteiger charge is -2.31. The summed E-state index contributed by atoms with van der Waals surface area (Å²) in [7, 11) is -3.85. The van der Waals surface area contributed by atoms with Crippen LogP contribution in [0.1, 0.15) is 42.5 Å². The first-order chi connectivity index (χ1) is 19.4. The highest BCUT2D eigenvalue weighted by Crippen LogP contribution is 2.28. The lowest BCUT2D eigenvalue weighted by molar-refractivity contribution is -0.136. The van der Waals surface area contributed by atoms with Crippen LogP contribution in [0.2, 0.25) is 0 Å². The first-order valence-corrected chi connectivity index (χ1v) is 15.7. The average molecular weight is 569 g/mol. The number of morpholine rings is 1. The van der Waals surface area contributed by atoms with Gasteiger partial charge in [0.25, 0.3) is 0 Å². The van der Waals surface area contributed by atoms with Gasteiger partial charge in [0.15, 0.2) is 0 Å². The molecule has 1 saturated carbocycles. The maximum absolute atomic E-state index is 13.7. The van der Waals surface area contributed by atoms with E-state index in [9.17, 15) is 17.6 Å². The van der Waals surface area contributed by atoms with Gasteiger partial charge in [-0.25, -0.2) is 17.8 Å². The van der Waals surface area contributed by atoms with Crippen LogP contribution in [0.5, 0.6) is 0 Å². The first-order valence-electron chi connectivity index (χ1n) is 14.0. The van der Waals surface area contributed by atoms with E-state index < -0.39 is 15.7 Å². The Kier molecular flexibility index (Phi) is 9.29. The van der Waals surface area contributed by atoms with E-state index in [1.54, 1.807) is 10.8 Å². The fourth-order valence-corrected chi connectivity index (χ4v) is 7.04. The lowest BCUT2D eigenvalue weighted by atomic mass is 10.1. The highest BCUT2D eigenvalue weighted by Gasteiger charge is 2.30.